The average Bonchev–Trinajstić information content (AvgIpc) is 2.48. The van der Waals surface area contributed by atoms with Gasteiger partial charge in [-0.3, -0.25) is 9.78 Å². The summed E-state index contributed by atoms with van der Waals surface area (Å²) in [4.78, 5) is 15.9. The second kappa shape index (κ2) is 7.45. The van der Waals surface area contributed by atoms with Crippen LogP contribution < -0.4 is 10.6 Å². The van der Waals surface area contributed by atoms with E-state index in [0.29, 0.717) is 26.1 Å². The fourth-order valence-corrected chi connectivity index (χ4v) is 1.94. The van der Waals surface area contributed by atoms with Crippen molar-refractivity contribution in [1.82, 2.24) is 10.3 Å². The van der Waals surface area contributed by atoms with Gasteiger partial charge >= 0.3 is 0 Å². The zero-order valence-electron chi connectivity index (χ0n) is 11.6. The van der Waals surface area contributed by atoms with Gasteiger partial charge in [0.2, 0.25) is 5.91 Å². The van der Waals surface area contributed by atoms with Crippen molar-refractivity contribution < 1.29 is 9.53 Å². The lowest BCUT2D eigenvalue weighted by molar-refractivity contribution is -0.121. The van der Waals surface area contributed by atoms with Gasteiger partial charge in [-0.15, -0.1) is 0 Å². The molecule has 2 aromatic rings. The summed E-state index contributed by atoms with van der Waals surface area (Å²) < 4.78 is 4.88. The maximum absolute atomic E-state index is 11.6. The molecule has 0 unspecified atom stereocenters. The standard InChI is InChI=1S/C15H19N3O2/c1-20-11-10-18-15(19)7-9-17-14-6-8-16-13-5-3-2-4-12(13)14/h2-6,8H,7,9-11H2,1H3,(H,16,17)(H,18,19). The maximum Gasteiger partial charge on any atom is 0.221 e. The molecule has 1 heterocycles. The van der Waals surface area contributed by atoms with E-state index in [1.807, 2.05) is 30.3 Å². The molecule has 0 radical (unpaired) electrons. The lowest BCUT2D eigenvalue weighted by Crippen LogP contribution is -2.28. The van der Waals surface area contributed by atoms with Crippen molar-refractivity contribution >= 4 is 22.5 Å². The van der Waals surface area contributed by atoms with Gasteiger partial charge in [-0.25, -0.2) is 0 Å². The van der Waals surface area contributed by atoms with E-state index in [9.17, 15) is 4.79 Å². The number of methoxy groups -OCH3 is 1. The molecule has 1 aromatic carbocycles. The Labute approximate surface area is 118 Å². The summed E-state index contributed by atoms with van der Waals surface area (Å²) in [6.07, 6.45) is 2.20. The van der Waals surface area contributed by atoms with Crippen molar-refractivity contribution in [3.63, 3.8) is 0 Å². The van der Waals surface area contributed by atoms with Crippen LogP contribution in [0.5, 0.6) is 0 Å². The zero-order valence-corrected chi connectivity index (χ0v) is 11.6. The zero-order chi connectivity index (χ0) is 14.2. The highest BCUT2D eigenvalue weighted by molar-refractivity contribution is 5.91. The summed E-state index contributed by atoms with van der Waals surface area (Å²) in [5.74, 6) is 0.0212. The van der Waals surface area contributed by atoms with Gasteiger partial charge in [0.25, 0.3) is 0 Å². The number of benzene rings is 1. The largest absolute Gasteiger partial charge is 0.384 e. The summed E-state index contributed by atoms with van der Waals surface area (Å²) in [6.45, 7) is 1.68. The van der Waals surface area contributed by atoms with Crippen molar-refractivity contribution in [1.29, 1.82) is 0 Å². The summed E-state index contributed by atoms with van der Waals surface area (Å²) in [6, 6.07) is 9.85. The first kappa shape index (κ1) is 14.3. The number of hydrogen-bond acceptors (Lipinski definition) is 4. The second-order valence-electron chi connectivity index (χ2n) is 4.40. The minimum absolute atomic E-state index is 0.0212. The molecule has 5 nitrogen and oxygen atoms in total. The summed E-state index contributed by atoms with van der Waals surface area (Å²) in [7, 11) is 1.61. The minimum Gasteiger partial charge on any atom is -0.384 e. The Morgan fingerprint density at radius 3 is 2.95 bits per heavy atom. The predicted octanol–water partition coefficient (Wildman–Crippen LogP) is 1.80. The highest BCUT2D eigenvalue weighted by atomic mass is 16.5. The number of ether oxygens (including phenoxy) is 1. The molecule has 0 fully saturated rings. The van der Waals surface area contributed by atoms with Crippen LogP contribution in [0.1, 0.15) is 6.42 Å². The number of nitrogens with one attached hydrogen (secondary N) is 2. The number of amides is 1. The van der Waals surface area contributed by atoms with Crippen molar-refractivity contribution in [3.05, 3.63) is 36.5 Å². The number of para-hydroxylation sites is 1. The molecule has 20 heavy (non-hydrogen) atoms. The van der Waals surface area contributed by atoms with E-state index in [4.69, 9.17) is 4.74 Å². The highest BCUT2D eigenvalue weighted by Crippen LogP contribution is 2.20. The normalized spacial score (nSPS) is 10.4. The Hall–Kier alpha value is -2.14. The third kappa shape index (κ3) is 3.93. The van der Waals surface area contributed by atoms with Crippen molar-refractivity contribution in [3.8, 4) is 0 Å². The van der Waals surface area contributed by atoms with Crippen LogP contribution in [0, 0.1) is 0 Å². The van der Waals surface area contributed by atoms with Crippen LogP contribution in [0.15, 0.2) is 36.5 Å². The first-order valence-electron chi connectivity index (χ1n) is 6.64. The molecule has 0 saturated carbocycles. The van der Waals surface area contributed by atoms with E-state index >= 15 is 0 Å². The molecule has 2 rings (SSSR count). The Kier molecular flexibility index (Phi) is 5.32. The molecule has 1 amide bonds. The van der Waals surface area contributed by atoms with E-state index in [-0.39, 0.29) is 5.91 Å². The number of carbonyl (C=O) groups excluding carboxylic acids is 1. The average molecular weight is 273 g/mol. The Morgan fingerprint density at radius 2 is 2.10 bits per heavy atom. The highest BCUT2D eigenvalue weighted by Gasteiger charge is 2.03. The van der Waals surface area contributed by atoms with Gasteiger partial charge in [-0.1, -0.05) is 18.2 Å². The van der Waals surface area contributed by atoms with Gasteiger partial charge in [0.15, 0.2) is 0 Å². The SMILES string of the molecule is COCCNC(=O)CCNc1ccnc2ccccc12. The Bertz CT molecular complexity index is 567. The second-order valence-corrected chi connectivity index (χ2v) is 4.40. The van der Waals surface area contributed by atoms with Crippen LogP contribution in [-0.2, 0) is 9.53 Å². The number of hydrogen-bond donors (Lipinski definition) is 2. The topological polar surface area (TPSA) is 63.2 Å². The molecule has 0 spiro atoms. The molecule has 1 aromatic heterocycles. The van der Waals surface area contributed by atoms with E-state index in [2.05, 4.69) is 15.6 Å². The van der Waals surface area contributed by atoms with E-state index in [0.717, 1.165) is 16.6 Å². The first-order valence-corrected chi connectivity index (χ1v) is 6.64. The third-order valence-electron chi connectivity index (χ3n) is 2.94. The lowest BCUT2D eigenvalue weighted by Gasteiger charge is -2.09. The Morgan fingerprint density at radius 1 is 1.25 bits per heavy atom. The third-order valence-corrected chi connectivity index (χ3v) is 2.94. The van der Waals surface area contributed by atoms with Crippen LogP contribution in [-0.4, -0.2) is 37.7 Å². The molecule has 0 bridgehead atoms. The molecule has 106 valence electrons. The quantitative estimate of drug-likeness (QED) is 0.755. The molecule has 5 heteroatoms. The fourth-order valence-electron chi connectivity index (χ4n) is 1.94. The van der Waals surface area contributed by atoms with Crippen LogP contribution in [0.4, 0.5) is 5.69 Å². The molecule has 0 aliphatic carbocycles. The Balaban J connectivity index is 1.85. The molecule has 0 atom stereocenters. The maximum atomic E-state index is 11.6. The van der Waals surface area contributed by atoms with E-state index in [1.165, 1.54) is 0 Å². The summed E-state index contributed by atoms with van der Waals surface area (Å²) in [5, 5.41) is 7.13. The molecule has 0 aliphatic heterocycles. The number of aromatic nitrogens is 1. The van der Waals surface area contributed by atoms with Crippen molar-refractivity contribution in [2.45, 2.75) is 6.42 Å². The fraction of sp³-hybridized carbons (Fsp3) is 0.333. The van der Waals surface area contributed by atoms with Crippen molar-refractivity contribution in [2.24, 2.45) is 0 Å². The van der Waals surface area contributed by atoms with Gasteiger partial charge in [-0.2, -0.15) is 0 Å². The number of nitrogens with zero attached hydrogens (tertiary/aromatic N) is 1. The van der Waals surface area contributed by atoms with Gasteiger partial charge in [0, 0.05) is 43.9 Å². The van der Waals surface area contributed by atoms with Gasteiger partial charge in [0.05, 0.1) is 12.1 Å². The molecule has 0 aliphatic rings. The van der Waals surface area contributed by atoms with Crippen LogP contribution >= 0.6 is 0 Å². The smallest absolute Gasteiger partial charge is 0.221 e. The minimum atomic E-state index is 0.0212. The van der Waals surface area contributed by atoms with E-state index < -0.39 is 0 Å². The van der Waals surface area contributed by atoms with Gasteiger partial charge in [-0.05, 0) is 12.1 Å². The number of fused-ring (bicyclic) bond motifs is 1. The van der Waals surface area contributed by atoms with Crippen LogP contribution in [0.25, 0.3) is 10.9 Å². The van der Waals surface area contributed by atoms with Crippen LogP contribution in [0.3, 0.4) is 0 Å². The first-order chi connectivity index (χ1) is 9.81. The lowest BCUT2D eigenvalue weighted by atomic mass is 10.2. The molecule has 2 N–H and O–H groups in total. The number of pyridine rings is 1. The van der Waals surface area contributed by atoms with Crippen LogP contribution in [0.2, 0.25) is 0 Å². The monoisotopic (exact) mass is 273 g/mol. The number of rotatable bonds is 7. The van der Waals surface area contributed by atoms with Crippen molar-refractivity contribution in [2.75, 3.05) is 32.1 Å². The molecular formula is C15H19N3O2. The summed E-state index contributed by atoms with van der Waals surface area (Å²) in [5.41, 5.74) is 1.95. The van der Waals surface area contributed by atoms with Gasteiger partial charge in [0.1, 0.15) is 0 Å². The van der Waals surface area contributed by atoms with Gasteiger partial charge < -0.3 is 15.4 Å². The number of carbonyl (C=O) groups is 1. The number of anilines is 1. The predicted molar refractivity (Wildman–Crippen MR) is 79.7 cm³/mol. The molecular weight excluding hydrogens is 254 g/mol. The summed E-state index contributed by atoms with van der Waals surface area (Å²) >= 11 is 0. The van der Waals surface area contributed by atoms with E-state index in [1.54, 1.807) is 13.3 Å². The molecule has 0 saturated heterocycles.